The Morgan fingerprint density at radius 1 is 0.373 bits per heavy atom. The molecule has 0 amide bonds. The second-order valence-electron chi connectivity index (χ2n) is 25.9. The van der Waals surface area contributed by atoms with Gasteiger partial charge in [0.05, 0.1) is 0 Å². The van der Waals surface area contributed by atoms with Crippen molar-refractivity contribution in [3.63, 3.8) is 0 Å². The molecule has 3 heterocycles. The van der Waals surface area contributed by atoms with E-state index >= 15 is 0 Å². The van der Waals surface area contributed by atoms with Crippen LogP contribution in [0.2, 0.25) is 0 Å². The van der Waals surface area contributed by atoms with E-state index in [2.05, 4.69) is 243 Å². The van der Waals surface area contributed by atoms with Gasteiger partial charge in [0.2, 0.25) is 0 Å². The zero-order valence-electron chi connectivity index (χ0n) is 45.3. The molecule has 366 valence electrons. The van der Waals surface area contributed by atoms with Crippen molar-refractivity contribution in [1.82, 2.24) is 15.0 Å². The van der Waals surface area contributed by atoms with E-state index in [1.807, 2.05) is 0 Å². The van der Waals surface area contributed by atoms with Crippen LogP contribution in [0.25, 0.3) is 76.0 Å². The highest BCUT2D eigenvalue weighted by atomic mass is 15.2. The maximum absolute atomic E-state index is 4.93. The Morgan fingerprint density at radius 2 is 0.733 bits per heavy atom. The van der Waals surface area contributed by atoms with E-state index in [1.165, 1.54) is 115 Å². The van der Waals surface area contributed by atoms with Crippen molar-refractivity contribution in [3.8, 4) is 11.4 Å². The van der Waals surface area contributed by atoms with Crippen LogP contribution in [0.5, 0.6) is 0 Å². The molecule has 0 unspecified atom stereocenters. The van der Waals surface area contributed by atoms with Gasteiger partial charge in [-0.3, -0.25) is 0 Å². The Labute approximate surface area is 441 Å². The molecule has 12 aromatic rings. The predicted octanol–water partition coefficient (Wildman–Crippen LogP) is 16.6. The number of hydrogen-bond donors (Lipinski definition) is 0. The first kappa shape index (κ1) is 45.8. The van der Waals surface area contributed by atoms with Crippen LogP contribution < -0.4 is 26.2 Å². The van der Waals surface area contributed by atoms with E-state index in [0.29, 0.717) is 5.82 Å². The number of aromatic nitrogens is 3. The van der Waals surface area contributed by atoms with Gasteiger partial charge in [0.1, 0.15) is 12.7 Å². The Balaban J connectivity index is 1.22. The molecule has 5 nitrogen and oxygen atoms in total. The molecule has 75 heavy (non-hydrogen) atoms. The van der Waals surface area contributed by atoms with Crippen molar-refractivity contribution in [1.29, 1.82) is 0 Å². The number of benzene rings is 11. The predicted molar refractivity (Wildman–Crippen MR) is 321 cm³/mol. The van der Waals surface area contributed by atoms with Crippen LogP contribution in [0.1, 0.15) is 105 Å². The summed E-state index contributed by atoms with van der Waals surface area (Å²) < 4.78 is 0. The molecule has 0 spiro atoms. The minimum atomic E-state index is -0.149. The highest BCUT2D eigenvalue weighted by Crippen LogP contribution is 2.53. The number of hydrogen-bond acceptors (Lipinski definition) is 5. The van der Waals surface area contributed by atoms with E-state index in [4.69, 9.17) is 9.97 Å². The molecule has 2 aliphatic rings. The molecular weight excluding hydrogens is 910 g/mol. The first-order valence-electron chi connectivity index (χ1n) is 26.8. The van der Waals surface area contributed by atoms with Gasteiger partial charge in [-0.15, -0.1) is 0 Å². The summed E-state index contributed by atoms with van der Waals surface area (Å²) in [5, 5.41) is 15.3. The highest BCUT2D eigenvalue weighted by molar-refractivity contribution is 7.01. The topological polar surface area (TPSA) is 45.2 Å². The average molecular weight is 972 g/mol. The van der Waals surface area contributed by atoms with Gasteiger partial charge in [-0.2, -0.15) is 0 Å². The highest BCUT2D eigenvalue weighted by Gasteiger charge is 2.46. The summed E-state index contributed by atoms with van der Waals surface area (Å²) in [7, 11) is 0. The molecule has 11 aromatic carbocycles. The lowest BCUT2D eigenvalue weighted by Crippen LogP contribution is -2.61. The van der Waals surface area contributed by atoms with Gasteiger partial charge >= 0.3 is 0 Å². The Bertz CT molecular complexity index is 4000. The maximum atomic E-state index is 4.93. The van der Waals surface area contributed by atoms with Crippen molar-refractivity contribution in [2.45, 2.75) is 105 Å². The summed E-state index contributed by atoms with van der Waals surface area (Å²) in [6.45, 7) is 28.0. The van der Waals surface area contributed by atoms with Gasteiger partial charge in [-0.05, 0) is 151 Å². The molecule has 0 saturated heterocycles. The monoisotopic (exact) mass is 972 g/mol. The standard InChI is InChI=1S/C69H62BN5/c1-66(2,3)46-31-47(67(4,5)6)34-50(33-46)74-56-29-45(65-72-37-71-38-73-65)30-57-62(56)70(54-27-43-21-19-39-15-13-17-41-23-25-52(63(54)74)60(43)58(39)41)55-28-44-22-20-40-16-14-18-42-24-26-53(61(44)59(40)42)64(55)75(57)51-35-48(68(7,8)9)32-49(36-51)69(10,11)12/h13-38H,1-12H3. The first-order chi connectivity index (χ1) is 35.7. The molecule has 0 fully saturated rings. The summed E-state index contributed by atoms with van der Waals surface area (Å²) in [4.78, 5) is 19.5. The molecule has 0 saturated carbocycles. The molecule has 6 heteroatoms. The Morgan fingerprint density at radius 3 is 1.11 bits per heavy atom. The van der Waals surface area contributed by atoms with Crippen molar-refractivity contribution in [2.75, 3.05) is 9.80 Å². The molecule has 14 rings (SSSR count). The van der Waals surface area contributed by atoms with Gasteiger partial charge in [0.15, 0.2) is 5.82 Å². The molecule has 0 radical (unpaired) electrons. The maximum Gasteiger partial charge on any atom is 0.252 e. The van der Waals surface area contributed by atoms with Crippen LogP contribution in [-0.2, 0) is 21.7 Å². The fourth-order valence-corrected chi connectivity index (χ4v) is 12.8. The lowest BCUT2D eigenvalue weighted by Gasteiger charge is -2.46. The normalized spacial score (nSPS) is 14.1. The minimum Gasteiger partial charge on any atom is -0.311 e. The number of nitrogens with zero attached hydrogens (tertiary/aromatic N) is 5. The largest absolute Gasteiger partial charge is 0.311 e. The molecule has 0 N–H and O–H groups in total. The van der Waals surface area contributed by atoms with Crippen LogP contribution in [0.15, 0.2) is 158 Å². The lowest BCUT2D eigenvalue weighted by molar-refractivity contribution is 0.568. The zero-order valence-corrected chi connectivity index (χ0v) is 45.3. The fourth-order valence-electron chi connectivity index (χ4n) is 12.8. The van der Waals surface area contributed by atoms with Gasteiger partial charge < -0.3 is 9.80 Å². The molecule has 1 aromatic heterocycles. The van der Waals surface area contributed by atoms with Crippen LogP contribution in [0, 0.1) is 0 Å². The quantitative estimate of drug-likeness (QED) is 0.130. The third-order valence-electron chi connectivity index (χ3n) is 16.8. The van der Waals surface area contributed by atoms with E-state index in [9.17, 15) is 0 Å². The second kappa shape index (κ2) is 15.4. The first-order valence-corrected chi connectivity index (χ1v) is 26.8. The van der Waals surface area contributed by atoms with Crippen LogP contribution in [0.3, 0.4) is 0 Å². The van der Waals surface area contributed by atoms with Gasteiger partial charge in [-0.1, -0.05) is 192 Å². The van der Waals surface area contributed by atoms with Crippen molar-refractivity contribution in [3.05, 3.63) is 181 Å². The summed E-state index contributed by atoms with van der Waals surface area (Å²) >= 11 is 0. The molecule has 0 aliphatic carbocycles. The summed E-state index contributed by atoms with van der Waals surface area (Å²) in [5.74, 6) is 0.639. The van der Waals surface area contributed by atoms with E-state index in [0.717, 1.165) is 28.3 Å². The summed E-state index contributed by atoms with van der Waals surface area (Å²) in [6.07, 6.45) is 3.27. The molecule has 2 aliphatic heterocycles. The number of anilines is 6. The third-order valence-corrected chi connectivity index (χ3v) is 16.8. The SMILES string of the molecule is CC(C)(C)c1cc(N2c3cc(-c4ncncn4)cc4c3B(c3cc5ccc6cccc7ccc(c32)c5c67)c2cc3ccc5cccc6ccc(c2N4c2cc(C(C)(C)C)cc(C(C)(C)C)c2)c3c56)cc(C(C)(C)C)c1. The minimum absolute atomic E-state index is 0.120. The van der Waals surface area contributed by atoms with Crippen LogP contribution >= 0.6 is 0 Å². The van der Waals surface area contributed by atoms with Crippen molar-refractivity contribution in [2.24, 2.45) is 0 Å². The second-order valence-corrected chi connectivity index (χ2v) is 25.9. The van der Waals surface area contributed by atoms with Crippen molar-refractivity contribution < 1.29 is 0 Å². The molecule has 0 atom stereocenters. The van der Waals surface area contributed by atoms with Gasteiger partial charge in [0, 0.05) is 50.5 Å². The summed E-state index contributed by atoms with van der Waals surface area (Å²) in [5.41, 5.74) is 16.5. The van der Waals surface area contributed by atoms with Crippen LogP contribution in [0.4, 0.5) is 34.1 Å². The molecular formula is C69H62BN5. The van der Waals surface area contributed by atoms with E-state index in [1.54, 1.807) is 12.7 Å². The average Bonchev–Trinajstić information content (AvgIpc) is 3.38. The Kier molecular flexibility index (Phi) is 9.39. The lowest BCUT2D eigenvalue weighted by atomic mass is 9.33. The Hall–Kier alpha value is -7.83. The van der Waals surface area contributed by atoms with E-state index in [-0.39, 0.29) is 28.4 Å². The fraction of sp³-hybridized carbons (Fsp3) is 0.232. The van der Waals surface area contributed by atoms with Gasteiger partial charge in [0.25, 0.3) is 6.71 Å². The van der Waals surface area contributed by atoms with Crippen molar-refractivity contribution >= 4 is 122 Å². The number of rotatable bonds is 3. The smallest absolute Gasteiger partial charge is 0.252 e. The summed E-state index contributed by atoms with van der Waals surface area (Å²) in [6, 6.07) is 57.1. The zero-order chi connectivity index (χ0) is 51.8. The molecule has 0 bridgehead atoms. The number of fused-ring (bicyclic) bond motifs is 6. The van der Waals surface area contributed by atoms with E-state index < -0.39 is 0 Å². The van der Waals surface area contributed by atoms with Crippen LogP contribution in [-0.4, -0.2) is 21.7 Å². The third kappa shape index (κ3) is 6.80. The van der Waals surface area contributed by atoms with Gasteiger partial charge in [-0.25, -0.2) is 15.0 Å².